The third-order valence-electron chi connectivity index (χ3n) is 4.02. The van der Waals surface area contributed by atoms with Crippen molar-refractivity contribution in [3.05, 3.63) is 59.2 Å². The Labute approximate surface area is 133 Å². The monoisotopic (exact) mass is 317 g/mol. The van der Waals surface area contributed by atoms with Crippen LogP contribution < -0.4 is 9.64 Å². The summed E-state index contributed by atoms with van der Waals surface area (Å²) in [6.07, 6.45) is 1.19. The quantitative estimate of drug-likeness (QED) is 0.864. The minimum Gasteiger partial charge on any atom is -0.483 e. The minimum absolute atomic E-state index is 0.158. The average molecular weight is 317 g/mol. The maximum atomic E-state index is 13.7. The molecule has 0 saturated carbocycles. The summed E-state index contributed by atoms with van der Waals surface area (Å²) >= 11 is 0. The highest BCUT2D eigenvalue weighted by Gasteiger charge is 2.28. The standard InChI is InChI=1S/C18H17F2NO2/c1-2-12-5-3-4-6-17(12)23-11-18(22)21-8-7-14-15(20)9-13(19)10-16(14)21/h3-6,9-10H,2,7-8,11H2,1H3. The van der Waals surface area contributed by atoms with Gasteiger partial charge in [-0.2, -0.15) is 0 Å². The number of aryl methyl sites for hydroxylation is 1. The van der Waals surface area contributed by atoms with Crippen LogP contribution in [-0.2, 0) is 17.6 Å². The highest BCUT2D eigenvalue weighted by molar-refractivity contribution is 5.96. The summed E-state index contributed by atoms with van der Waals surface area (Å²) in [4.78, 5) is 13.7. The molecule has 1 amide bonds. The molecule has 0 atom stereocenters. The lowest BCUT2D eigenvalue weighted by atomic mass is 10.1. The van der Waals surface area contributed by atoms with Crippen LogP contribution in [0, 0.1) is 11.6 Å². The van der Waals surface area contributed by atoms with Crippen molar-refractivity contribution in [3.8, 4) is 5.75 Å². The Bertz CT molecular complexity index is 746. The molecule has 3 nitrogen and oxygen atoms in total. The van der Waals surface area contributed by atoms with Crippen molar-refractivity contribution in [1.82, 2.24) is 0 Å². The van der Waals surface area contributed by atoms with E-state index < -0.39 is 11.6 Å². The maximum absolute atomic E-state index is 13.7. The van der Waals surface area contributed by atoms with Gasteiger partial charge in [0.05, 0.1) is 5.69 Å². The van der Waals surface area contributed by atoms with Crippen LogP contribution in [0.2, 0.25) is 0 Å². The highest BCUT2D eigenvalue weighted by atomic mass is 19.1. The molecule has 23 heavy (non-hydrogen) atoms. The van der Waals surface area contributed by atoms with Gasteiger partial charge >= 0.3 is 0 Å². The predicted octanol–water partition coefficient (Wildman–Crippen LogP) is 3.50. The van der Waals surface area contributed by atoms with E-state index in [4.69, 9.17) is 4.74 Å². The van der Waals surface area contributed by atoms with Crippen LogP contribution in [0.4, 0.5) is 14.5 Å². The number of amides is 1. The number of hydrogen-bond acceptors (Lipinski definition) is 2. The van der Waals surface area contributed by atoms with Crippen molar-refractivity contribution in [3.63, 3.8) is 0 Å². The first kappa shape index (κ1) is 15.5. The second kappa shape index (κ2) is 6.36. The van der Waals surface area contributed by atoms with E-state index >= 15 is 0 Å². The third kappa shape index (κ3) is 3.04. The van der Waals surface area contributed by atoms with E-state index in [0.29, 0.717) is 30.0 Å². The molecule has 1 aliphatic heterocycles. The number of carbonyl (C=O) groups excluding carboxylic acids is 1. The van der Waals surface area contributed by atoms with Gasteiger partial charge in [-0.25, -0.2) is 8.78 Å². The molecule has 0 N–H and O–H groups in total. The molecule has 5 heteroatoms. The molecule has 3 rings (SSSR count). The summed E-state index contributed by atoms with van der Waals surface area (Å²) in [5.41, 5.74) is 1.70. The van der Waals surface area contributed by atoms with Crippen LogP contribution in [0.25, 0.3) is 0 Å². The zero-order chi connectivity index (χ0) is 16.4. The first-order chi connectivity index (χ1) is 11.1. The number of ether oxygens (including phenoxy) is 1. The summed E-state index contributed by atoms with van der Waals surface area (Å²) in [5.74, 6) is -0.932. The summed E-state index contributed by atoms with van der Waals surface area (Å²) in [5, 5.41) is 0. The summed E-state index contributed by atoms with van der Waals surface area (Å²) < 4.78 is 32.7. The maximum Gasteiger partial charge on any atom is 0.264 e. The fourth-order valence-corrected chi connectivity index (χ4v) is 2.84. The molecule has 0 aromatic heterocycles. The van der Waals surface area contributed by atoms with E-state index in [1.807, 2.05) is 31.2 Å². The van der Waals surface area contributed by atoms with Crippen LogP contribution in [0.15, 0.2) is 36.4 Å². The zero-order valence-corrected chi connectivity index (χ0v) is 12.8. The summed E-state index contributed by atoms with van der Waals surface area (Å²) in [6, 6.07) is 9.55. The van der Waals surface area contributed by atoms with Gasteiger partial charge in [-0.15, -0.1) is 0 Å². The number of benzene rings is 2. The van der Waals surface area contributed by atoms with E-state index in [1.165, 1.54) is 11.0 Å². The largest absolute Gasteiger partial charge is 0.483 e. The molecule has 2 aromatic rings. The van der Waals surface area contributed by atoms with Crippen molar-refractivity contribution in [2.45, 2.75) is 19.8 Å². The number of halogens is 2. The Morgan fingerprint density at radius 2 is 2.04 bits per heavy atom. The molecule has 0 spiro atoms. The molecule has 1 aliphatic rings. The third-order valence-corrected chi connectivity index (χ3v) is 4.02. The fourth-order valence-electron chi connectivity index (χ4n) is 2.84. The predicted molar refractivity (Wildman–Crippen MR) is 83.7 cm³/mol. The molecular formula is C18H17F2NO2. The van der Waals surface area contributed by atoms with Gasteiger partial charge in [0.15, 0.2) is 6.61 Å². The first-order valence-corrected chi connectivity index (χ1v) is 7.59. The van der Waals surface area contributed by atoms with Crippen molar-refractivity contribution in [2.24, 2.45) is 0 Å². The van der Waals surface area contributed by atoms with Gasteiger partial charge in [-0.3, -0.25) is 4.79 Å². The van der Waals surface area contributed by atoms with E-state index in [-0.39, 0.29) is 12.5 Å². The van der Waals surface area contributed by atoms with Crippen LogP contribution in [-0.4, -0.2) is 19.1 Å². The fraction of sp³-hybridized carbons (Fsp3) is 0.278. The summed E-state index contributed by atoms with van der Waals surface area (Å²) in [7, 11) is 0. The Balaban J connectivity index is 1.74. The van der Waals surface area contributed by atoms with Gasteiger partial charge in [0.2, 0.25) is 0 Å². The van der Waals surface area contributed by atoms with Gasteiger partial charge in [-0.1, -0.05) is 25.1 Å². The molecule has 0 saturated heterocycles. The number of carbonyl (C=O) groups is 1. The smallest absolute Gasteiger partial charge is 0.264 e. The van der Waals surface area contributed by atoms with E-state index in [1.54, 1.807) is 0 Å². The Morgan fingerprint density at radius 1 is 1.26 bits per heavy atom. The molecule has 0 unspecified atom stereocenters. The molecule has 1 heterocycles. The molecular weight excluding hydrogens is 300 g/mol. The minimum atomic E-state index is -0.682. The molecule has 0 bridgehead atoms. The van der Waals surface area contributed by atoms with E-state index in [0.717, 1.165) is 18.1 Å². The lowest BCUT2D eigenvalue weighted by molar-refractivity contribution is -0.120. The molecule has 2 aromatic carbocycles. The van der Waals surface area contributed by atoms with Crippen LogP contribution in [0.1, 0.15) is 18.1 Å². The topological polar surface area (TPSA) is 29.5 Å². The number of para-hydroxylation sites is 1. The number of rotatable bonds is 4. The van der Waals surface area contributed by atoms with E-state index in [2.05, 4.69) is 0 Å². The Morgan fingerprint density at radius 3 is 2.83 bits per heavy atom. The number of fused-ring (bicyclic) bond motifs is 1. The van der Waals surface area contributed by atoms with Gasteiger partial charge < -0.3 is 9.64 Å². The Hall–Kier alpha value is -2.43. The normalized spacial score (nSPS) is 13.1. The summed E-state index contributed by atoms with van der Waals surface area (Å²) in [6.45, 7) is 2.19. The Kier molecular flexibility index (Phi) is 4.28. The van der Waals surface area contributed by atoms with Gasteiger partial charge in [-0.05, 0) is 30.5 Å². The first-order valence-electron chi connectivity index (χ1n) is 7.59. The molecule has 0 radical (unpaired) electrons. The number of hydrogen-bond donors (Lipinski definition) is 0. The second-order valence-electron chi connectivity index (χ2n) is 5.43. The van der Waals surface area contributed by atoms with Crippen molar-refractivity contribution in [1.29, 1.82) is 0 Å². The van der Waals surface area contributed by atoms with Crippen molar-refractivity contribution in [2.75, 3.05) is 18.1 Å². The van der Waals surface area contributed by atoms with Crippen molar-refractivity contribution >= 4 is 11.6 Å². The number of anilines is 1. The number of nitrogens with zero attached hydrogens (tertiary/aromatic N) is 1. The lowest BCUT2D eigenvalue weighted by Crippen LogP contribution is -2.33. The van der Waals surface area contributed by atoms with E-state index in [9.17, 15) is 13.6 Å². The second-order valence-corrected chi connectivity index (χ2v) is 5.43. The SMILES string of the molecule is CCc1ccccc1OCC(=O)N1CCc2c(F)cc(F)cc21. The average Bonchev–Trinajstić information content (AvgIpc) is 2.97. The molecule has 0 fully saturated rings. The van der Waals surface area contributed by atoms with Gasteiger partial charge in [0, 0.05) is 18.2 Å². The highest BCUT2D eigenvalue weighted by Crippen LogP contribution is 2.31. The van der Waals surface area contributed by atoms with Crippen LogP contribution >= 0.6 is 0 Å². The van der Waals surface area contributed by atoms with Gasteiger partial charge in [0.25, 0.3) is 5.91 Å². The van der Waals surface area contributed by atoms with Crippen LogP contribution in [0.5, 0.6) is 5.75 Å². The lowest BCUT2D eigenvalue weighted by Gasteiger charge is -2.18. The molecule has 120 valence electrons. The van der Waals surface area contributed by atoms with Crippen molar-refractivity contribution < 1.29 is 18.3 Å². The van der Waals surface area contributed by atoms with Gasteiger partial charge in [0.1, 0.15) is 17.4 Å². The zero-order valence-electron chi connectivity index (χ0n) is 12.8. The van der Waals surface area contributed by atoms with Crippen LogP contribution in [0.3, 0.4) is 0 Å². The molecule has 0 aliphatic carbocycles.